The van der Waals surface area contributed by atoms with Gasteiger partial charge < -0.3 is 5.73 Å². The van der Waals surface area contributed by atoms with E-state index < -0.39 is 0 Å². The highest BCUT2D eigenvalue weighted by atomic mass is 14.6. The van der Waals surface area contributed by atoms with Gasteiger partial charge in [0.2, 0.25) is 0 Å². The summed E-state index contributed by atoms with van der Waals surface area (Å²) in [5, 5.41) is 8.08. The minimum absolute atomic E-state index is 0.256. The molecule has 2 heteroatoms. The van der Waals surface area contributed by atoms with Gasteiger partial charge in [-0.05, 0) is 105 Å². The predicted octanol–water partition coefficient (Wildman–Crippen LogP) is 13.6. The van der Waals surface area contributed by atoms with Crippen LogP contribution in [0.4, 0.5) is 0 Å². The Labute approximate surface area is 310 Å². The van der Waals surface area contributed by atoms with E-state index in [0.29, 0.717) is 0 Å². The van der Waals surface area contributed by atoms with Gasteiger partial charge in [-0.25, -0.2) is 0 Å². The smallest absolute Gasteiger partial charge is 0.0387 e. The van der Waals surface area contributed by atoms with Crippen molar-refractivity contribution < 1.29 is 0 Å². The molecule has 2 nitrogen and oxygen atoms in total. The summed E-state index contributed by atoms with van der Waals surface area (Å²) in [7, 11) is 0. The molecule has 0 aliphatic rings. The SMILES string of the molecule is C/C=C\C=C(/N)c1cc(-c2cccnc2)cc(C(C)/C=C\C=C/Cc2ccccc2)c1.CC.Cc1ccc2c3ccccc3c3ccccc3c2c1. The first-order valence-electron chi connectivity index (χ1n) is 18.3. The molecule has 1 atom stereocenters. The number of fused-ring (bicyclic) bond motifs is 6. The largest absolute Gasteiger partial charge is 0.398 e. The van der Waals surface area contributed by atoms with Crippen molar-refractivity contribution >= 4 is 38.0 Å². The van der Waals surface area contributed by atoms with Crippen LogP contribution >= 0.6 is 0 Å². The van der Waals surface area contributed by atoms with E-state index in [4.69, 9.17) is 5.73 Å². The zero-order chi connectivity index (χ0) is 36.7. The zero-order valence-corrected chi connectivity index (χ0v) is 31.1. The van der Waals surface area contributed by atoms with E-state index in [1.165, 1.54) is 49.0 Å². The van der Waals surface area contributed by atoms with Crippen LogP contribution in [0.3, 0.4) is 0 Å². The van der Waals surface area contributed by atoms with E-state index in [9.17, 15) is 0 Å². The Morgan fingerprint density at radius 2 is 1.29 bits per heavy atom. The van der Waals surface area contributed by atoms with Gasteiger partial charge >= 0.3 is 0 Å². The molecule has 0 aliphatic heterocycles. The minimum atomic E-state index is 0.256. The van der Waals surface area contributed by atoms with Gasteiger partial charge in [-0.3, -0.25) is 4.98 Å². The molecule has 2 N–H and O–H groups in total. The lowest BCUT2D eigenvalue weighted by Gasteiger charge is -2.13. The van der Waals surface area contributed by atoms with Crippen LogP contribution in [-0.2, 0) is 6.42 Å². The number of aryl methyl sites for hydroxylation is 1. The van der Waals surface area contributed by atoms with Gasteiger partial charge in [0, 0.05) is 23.7 Å². The molecule has 1 unspecified atom stereocenters. The third-order valence-corrected chi connectivity index (χ3v) is 9.02. The van der Waals surface area contributed by atoms with Crippen LogP contribution < -0.4 is 5.73 Å². The summed E-state index contributed by atoms with van der Waals surface area (Å²) >= 11 is 0. The zero-order valence-electron chi connectivity index (χ0n) is 31.1. The van der Waals surface area contributed by atoms with E-state index in [-0.39, 0.29) is 5.92 Å². The second-order valence-corrected chi connectivity index (χ2v) is 12.7. The van der Waals surface area contributed by atoms with E-state index in [1.54, 1.807) is 6.20 Å². The van der Waals surface area contributed by atoms with Gasteiger partial charge in [0.1, 0.15) is 0 Å². The molecule has 0 bridgehead atoms. The lowest BCUT2D eigenvalue weighted by Crippen LogP contribution is -1.99. The topological polar surface area (TPSA) is 38.9 Å². The standard InChI is InChI=1S/C29H30N2.C19H14.C2H6/c1-3-4-17-29(30)28-20-26(19-27(21-28)25-16-11-18-31-22-25)23(2)12-7-5-8-13-24-14-9-6-10-15-24;1-13-10-11-18-16-8-3-2-6-14(16)15-7-4-5-9-17(15)19(18)12-13;1-2/h3-12,14-23H,13,30H2,1-2H3;2-12H,1H3;1-2H3/b4-3-,8-5-,12-7-,29-17-;;. The summed E-state index contributed by atoms with van der Waals surface area (Å²) in [4.78, 5) is 4.27. The Balaban J connectivity index is 0.000000211. The normalized spacial score (nSPS) is 12.3. The van der Waals surface area contributed by atoms with Crippen LogP contribution in [0.5, 0.6) is 0 Å². The van der Waals surface area contributed by atoms with Crippen molar-refractivity contribution in [2.45, 2.75) is 47.0 Å². The lowest BCUT2D eigenvalue weighted by molar-refractivity contribution is 0.966. The molecular weight excluding hydrogens is 629 g/mol. The van der Waals surface area contributed by atoms with Gasteiger partial charge in [0.05, 0.1) is 0 Å². The number of allylic oxidation sites excluding steroid dienone is 7. The third-order valence-electron chi connectivity index (χ3n) is 9.02. The first kappa shape index (κ1) is 37.3. The molecule has 260 valence electrons. The Morgan fingerprint density at radius 3 is 1.92 bits per heavy atom. The number of hydrogen-bond acceptors (Lipinski definition) is 2. The molecule has 1 aromatic heterocycles. The number of nitrogens with zero attached hydrogens (tertiary/aromatic N) is 1. The van der Waals surface area contributed by atoms with E-state index >= 15 is 0 Å². The van der Waals surface area contributed by atoms with Crippen LogP contribution in [0.25, 0.3) is 49.1 Å². The molecular formula is C50H50N2. The molecule has 0 spiro atoms. The maximum absolute atomic E-state index is 6.36. The highest BCUT2D eigenvalue weighted by molar-refractivity contribution is 6.25. The van der Waals surface area contributed by atoms with Crippen molar-refractivity contribution in [1.82, 2.24) is 4.98 Å². The second kappa shape index (κ2) is 18.8. The summed E-state index contributed by atoms with van der Waals surface area (Å²) < 4.78 is 0. The third kappa shape index (κ3) is 9.41. The van der Waals surface area contributed by atoms with Crippen LogP contribution in [0, 0.1) is 6.92 Å². The molecule has 1 heterocycles. The molecule has 6 aromatic carbocycles. The number of rotatable bonds is 8. The fourth-order valence-corrected chi connectivity index (χ4v) is 6.34. The summed E-state index contributed by atoms with van der Waals surface area (Å²) in [5.74, 6) is 0.256. The molecule has 0 amide bonds. The molecule has 0 fully saturated rings. The monoisotopic (exact) mass is 678 g/mol. The first-order chi connectivity index (χ1) is 25.5. The molecule has 0 saturated heterocycles. The Kier molecular flexibility index (Phi) is 13.5. The predicted molar refractivity (Wildman–Crippen MR) is 229 cm³/mol. The fourth-order valence-electron chi connectivity index (χ4n) is 6.34. The van der Waals surface area contributed by atoms with Crippen molar-refractivity contribution in [3.63, 3.8) is 0 Å². The quantitative estimate of drug-likeness (QED) is 0.128. The summed E-state index contributed by atoms with van der Waals surface area (Å²) in [6.07, 6.45) is 19.2. The maximum Gasteiger partial charge on any atom is 0.0387 e. The average molecular weight is 679 g/mol. The van der Waals surface area contributed by atoms with Crippen LogP contribution in [0.1, 0.15) is 55.9 Å². The van der Waals surface area contributed by atoms with E-state index in [2.05, 4.69) is 158 Å². The van der Waals surface area contributed by atoms with Gasteiger partial charge in [0.15, 0.2) is 0 Å². The number of pyridine rings is 1. The Morgan fingerprint density at radius 1 is 0.654 bits per heavy atom. The molecule has 52 heavy (non-hydrogen) atoms. The molecule has 7 aromatic rings. The maximum atomic E-state index is 6.36. The van der Waals surface area contributed by atoms with Crippen molar-refractivity contribution in [2.75, 3.05) is 0 Å². The lowest BCUT2D eigenvalue weighted by atomic mass is 9.93. The van der Waals surface area contributed by atoms with E-state index in [0.717, 1.165) is 28.8 Å². The average Bonchev–Trinajstić information content (AvgIpc) is 3.21. The fraction of sp³-hybridized carbons (Fsp3) is 0.140. The van der Waals surface area contributed by atoms with Gasteiger partial charge in [0.25, 0.3) is 0 Å². The van der Waals surface area contributed by atoms with E-state index in [1.807, 2.05) is 57.3 Å². The number of aromatic nitrogens is 1. The van der Waals surface area contributed by atoms with Crippen molar-refractivity contribution in [1.29, 1.82) is 0 Å². The van der Waals surface area contributed by atoms with Gasteiger partial charge in [-0.1, -0.05) is 172 Å². The molecule has 0 saturated carbocycles. The highest BCUT2D eigenvalue weighted by Crippen LogP contribution is 2.35. The van der Waals surface area contributed by atoms with Crippen molar-refractivity contribution in [3.8, 4) is 11.1 Å². The van der Waals surface area contributed by atoms with Crippen LogP contribution in [-0.4, -0.2) is 4.98 Å². The summed E-state index contributed by atoms with van der Waals surface area (Å²) in [5.41, 5.74) is 14.2. The number of benzene rings is 6. The number of hydrogen-bond donors (Lipinski definition) is 1. The summed E-state index contributed by atoms with van der Waals surface area (Å²) in [6, 6.07) is 45.2. The first-order valence-corrected chi connectivity index (χ1v) is 18.3. The van der Waals surface area contributed by atoms with Gasteiger partial charge in [-0.15, -0.1) is 0 Å². The Hall–Kier alpha value is -5.99. The van der Waals surface area contributed by atoms with Crippen LogP contribution in [0.15, 0.2) is 182 Å². The van der Waals surface area contributed by atoms with Crippen LogP contribution in [0.2, 0.25) is 0 Å². The Bertz CT molecular complexity index is 2290. The van der Waals surface area contributed by atoms with Gasteiger partial charge in [-0.2, -0.15) is 0 Å². The number of nitrogens with two attached hydrogens (primary N) is 1. The minimum Gasteiger partial charge on any atom is -0.398 e. The highest BCUT2D eigenvalue weighted by Gasteiger charge is 2.10. The molecule has 0 aliphatic carbocycles. The summed E-state index contributed by atoms with van der Waals surface area (Å²) in [6.45, 7) is 10.3. The second-order valence-electron chi connectivity index (χ2n) is 12.7. The van der Waals surface area contributed by atoms with Crippen molar-refractivity contribution in [2.24, 2.45) is 5.73 Å². The molecule has 0 radical (unpaired) electrons. The molecule has 7 rings (SSSR count). The van der Waals surface area contributed by atoms with Crippen molar-refractivity contribution in [3.05, 3.63) is 205 Å².